The van der Waals surface area contributed by atoms with Crippen molar-refractivity contribution in [1.29, 1.82) is 0 Å². The summed E-state index contributed by atoms with van der Waals surface area (Å²) in [5.74, 6) is 2.12. The SMILES string of the molecule is CC(C)[C@@H]1CC[C@@H](C)C[C@@]1(C)CCC(=O)OCc1ccccc1. The van der Waals surface area contributed by atoms with Crippen molar-refractivity contribution in [3.05, 3.63) is 35.9 Å². The monoisotopic (exact) mass is 316 g/mol. The first-order chi connectivity index (χ1) is 10.9. The molecule has 1 aliphatic rings. The zero-order valence-electron chi connectivity index (χ0n) is 15.2. The van der Waals surface area contributed by atoms with Crippen LogP contribution in [0.1, 0.15) is 65.4 Å². The molecule has 1 aliphatic carbocycles. The highest BCUT2D eigenvalue weighted by Crippen LogP contribution is 2.49. The highest BCUT2D eigenvalue weighted by atomic mass is 16.5. The van der Waals surface area contributed by atoms with Gasteiger partial charge in [0.15, 0.2) is 0 Å². The summed E-state index contributed by atoms with van der Waals surface area (Å²) < 4.78 is 5.45. The molecule has 0 amide bonds. The molecule has 3 atom stereocenters. The van der Waals surface area contributed by atoms with Crippen molar-refractivity contribution in [3.63, 3.8) is 0 Å². The van der Waals surface area contributed by atoms with Crippen LogP contribution in [0.25, 0.3) is 0 Å². The third-order valence-corrected chi connectivity index (χ3v) is 5.63. The van der Waals surface area contributed by atoms with Crippen LogP contribution in [0.3, 0.4) is 0 Å². The summed E-state index contributed by atoms with van der Waals surface area (Å²) in [6.45, 7) is 9.78. The van der Waals surface area contributed by atoms with Gasteiger partial charge in [0.1, 0.15) is 6.61 Å². The Morgan fingerprint density at radius 2 is 1.96 bits per heavy atom. The summed E-state index contributed by atoms with van der Waals surface area (Å²) in [6.07, 6.45) is 5.36. The van der Waals surface area contributed by atoms with E-state index in [0.29, 0.717) is 18.9 Å². The van der Waals surface area contributed by atoms with Crippen molar-refractivity contribution < 1.29 is 9.53 Å². The summed E-state index contributed by atoms with van der Waals surface area (Å²) in [5.41, 5.74) is 1.33. The maximum atomic E-state index is 12.1. The fourth-order valence-electron chi connectivity index (χ4n) is 4.49. The molecule has 1 aromatic rings. The van der Waals surface area contributed by atoms with Crippen molar-refractivity contribution in [2.24, 2.45) is 23.2 Å². The second-order valence-electron chi connectivity index (χ2n) is 8.04. The van der Waals surface area contributed by atoms with Gasteiger partial charge in [-0.25, -0.2) is 0 Å². The van der Waals surface area contributed by atoms with E-state index in [4.69, 9.17) is 4.74 Å². The Balaban J connectivity index is 1.85. The summed E-state index contributed by atoms with van der Waals surface area (Å²) in [5, 5.41) is 0. The van der Waals surface area contributed by atoms with Crippen LogP contribution in [-0.4, -0.2) is 5.97 Å². The van der Waals surface area contributed by atoms with E-state index in [1.165, 1.54) is 19.3 Å². The number of esters is 1. The second-order valence-corrected chi connectivity index (χ2v) is 8.04. The molecule has 0 radical (unpaired) electrons. The van der Waals surface area contributed by atoms with Crippen LogP contribution in [0.2, 0.25) is 0 Å². The fourth-order valence-corrected chi connectivity index (χ4v) is 4.49. The lowest BCUT2D eigenvalue weighted by molar-refractivity contribution is -0.146. The third kappa shape index (κ3) is 5.09. The minimum atomic E-state index is -0.0594. The van der Waals surface area contributed by atoms with Crippen molar-refractivity contribution in [2.75, 3.05) is 0 Å². The number of carbonyl (C=O) groups is 1. The van der Waals surface area contributed by atoms with Gasteiger partial charge in [-0.3, -0.25) is 4.79 Å². The molecule has 2 rings (SSSR count). The molecular formula is C21H32O2. The quantitative estimate of drug-likeness (QED) is 0.638. The number of ether oxygens (including phenoxy) is 1. The van der Waals surface area contributed by atoms with Crippen LogP contribution < -0.4 is 0 Å². The first-order valence-corrected chi connectivity index (χ1v) is 9.10. The smallest absolute Gasteiger partial charge is 0.306 e. The fraction of sp³-hybridized carbons (Fsp3) is 0.667. The van der Waals surface area contributed by atoms with Crippen LogP contribution in [0.4, 0.5) is 0 Å². The maximum Gasteiger partial charge on any atom is 0.306 e. The van der Waals surface area contributed by atoms with Crippen LogP contribution in [-0.2, 0) is 16.1 Å². The third-order valence-electron chi connectivity index (χ3n) is 5.63. The molecule has 0 aromatic heterocycles. The van der Waals surface area contributed by atoms with Gasteiger partial charge < -0.3 is 4.74 Å². The Hall–Kier alpha value is -1.31. The van der Waals surface area contributed by atoms with E-state index < -0.39 is 0 Å². The maximum absolute atomic E-state index is 12.1. The molecule has 2 nitrogen and oxygen atoms in total. The molecule has 128 valence electrons. The Kier molecular flexibility index (Phi) is 6.26. The molecule has 23 heavy (non-hydrogen) atoms. The minimum absolute atomic E-state index is 0.0594. The highest BCUT2D eigenvalue weighted by Gasteiger charge is 2.40. The summed E-state index contributed by atoms with van der Waals surface area (Å²) in [4.78, 5) is 12.1. The Morgan fingerprint density at radius 1 is 1.26 bits per heavy atom. The van der Waals surface area contributed by atoms with Crippen LogP contribution >= 0.6 is 0 Å². The van der Waals surface area contributed by atoms with Gasteiger partial charge in [0.2, 0.25) is 0 Å². The summed E-state index contributed by atoms with van der Waals surface area (Å²) in [6, 6.07) is 9.91. The molecule has 0 saturated heterocycles. The van der Waals surface area contributed by atoms with Crippen molar-refractivity contribution >= 4 is 5.97 Å². The predicted molar refractivity (Wildman–Crippen MR) is 94.9 cm³/mol. The van der Waals surface area contributed by atoms with Crippen LogP contribution in [0.5, 0.6) is 0 Å². The number of carbonyl (C=O) groups excluding carboxylic acids is 1. The molecular weight excluding hydrogens is 284 g/mol. The molecule has 0 aliphatic heterocycles. The standard InChI is InChI=1S/C21H32O2/c1-16(2)19-11-10-17(3)14-21(19,4)13-12-20(22)23-15-18-8-6-5-7-9-18/h5-9,16-17,19H,10-15H2,1-4H3/t17-,19+,21-/m1/s1. The van der Waals surface area contributed by atoms with Gasteiger partial charge in [-0.1, -0.05) is 64.4 Å². The Bertz CT molecular complexity index is 494. The second kappa shape index (κ2) is 7.99. The van der Waals surface area contributed by atoms with Gasteiger partial charge in [-0.2, -0.15) is 0 Å². The highest BCUT2D eigenvalue weighted by molar-refractivity contribution is 5.69. The van der Waals surface area contributed by atoms with Gasteiger partial charge in [-0.15, -0.1) is 0 Å². The van der Waals surface area contributed by atoms with E-state index in [0.717, 1.165) is 23.8 Å². The van der Waals surface area contributed by atoms with E-state index in [9.17, 15) is 4.79 Å². The van der Waals surface area contributed by atoms with Gasteiger partial charge in [-0.05, 0) is 48.0 Å². The van der Waals surface area contributed by atoms with Gasteiger partial charge in [0.05, 0.1) is 0 Å². The van der Waals surface area contributed by atoms with Crippen LogP contribution in [0.15, 0.2) is 30.3 Å². The normalized spacial score (nSPS) is 27.9. The first-order valence-electron chi connectivity index (χ1n) is 9.10. The topological polar surface area (TPSA) is 26.3 Å². The van der Waals surface area contributed by atoms with E-state index >= 15 is 0 Å². The van der Waals surface area contributed by atoms with Gasteiger partial charge >= 0.3 is 5.97 Å². The lowest BCUT2D eigenvalue weighted by atomic mass is 9.59. The molecule has 0 spiro atoms. The van der Waals surface area contributed by atoms with E-state index in [1.54, 1.807) is 0 Å². The lowest BCUT2D eigenvalue weighted by Crippen LogP contribution is -2.37. The van der Waals surface area contributed by atoms with E-state index in [2.05, 4.69) is 27.7 Å². The first kappa shape index (κ1) is 18.0. The zero-order valence-corrected chi connectivity index (χ0v) is 15.2. The number of hydrogen-bond acceptors (Lipinski definition) is 2. The average molecular weight is 316 g/mol. The average Bonchev–Trinajstić information content (AvgIpc) is 2.51. The molecule has 0 unspecified atom stereocenters. The van der Waals surface area contributed by atoms with Gasteiger partial charge in [0.25, 0.3) is 0 Å². The number of rotatable bonds is 6. The summed E-state index contributed by atoms with van der Waals surface area (Å²) >= 11 is 0. The molecule has 1 saturated carbocycles. The van der Waals surface area contributed by atoms with E-state index in [-0.39, 0.29) is 11.4 Å². The molecule has 2 heteroatoms. The number of benzene rings is 1. The Labute approximate surface area is 141 Å². The minimum Gasteiger partial charge on any atom is -0.461 e. The van der Waals surface area contributed by atoms with Crippen LogP contribution in [0, 0.1) is 23.2 Å². The Morgan fingerprint density at radius 3 is 2.61 bits per heavy atom. The van der Waals surface area contributed by atoms with E-state index in [1.807, 2.05) is 30.3 Å². The molecule has 1 aromatic carbocycles. The predicted octanol–water partition coefficient (Wildman–Crippen LogP) is 5.61. The molecule has 0 N–H and O–H groups in total. The molecule has 0 bridgehead atoms. The lowest BCUT2D eigenvalue weighted by Gasteiger charge is -2.46. The molecule has 1 fully saturated rings. The largest absolute Gasteiger partial charge is 0.461 e. The van der Waals surface area contributed by atoms with Crippen molar-refractivity contribution in [2.45, 2.75) is 66.4 Å². The number of hydrogen-bond donors (Lipinski definition) is 0. The zero-order chi connectivity index (χ0) is 16.9. The van der Waals surface area contributed by atoms with Crippen molar-refractivity contribution in [1.82, 2.24) is 0 Å². The van der Waals surface area contributed by atoms with Gasteiger partial charge in [0, 0.05) is 6.42 Å². The molecule has 0 heterocycles. The summed E-state index contributed by atoms with van der Waals surface area (Å²) in [7, 11) is 0. The van der Waals surface area contributed by atoms with Crippen molar-refractivity contribution in [3.8, 4) is 0 Å².